The molecule has 5 heteroatoms. The molecule has 1 N–H and O–H groups in total. The lowest BCUT2D eigenvalue weighted by Gasteiger charge is -2.07. The Bertz CT molecular complexity index is 496. The van der Waals surface area contributed by atoms with Crippen LogP contribution < -0.4 is 5.43 Å². The molecule has 0 bridgehead atoms. The lowest BCUT2D eigenvalue weighted by Crippen LogP contribution is -2.21. The van der Waals surface area contributed by atoms with Gasteiger partial charge in [-0.2, -0.15) is 5.10 Å². The fraction of sp³-hybridized carbons (Fsp3) is 0.385. The molecular formula is C13H14Cl2N2O. The number of benzene rings is 1. The number of carbonyl (C=O) groups excluding carboxylic acids is 1. The van der Waals surface area contributed by atoms with Crippen molar-refractivity contribution in [3.8, 4) is 0 Å². The zero-order valence-corrected chi connectivity index (χ0v) is 11.6. The molecule has 0 radical (unpaired) electrons. The third-order valence-corrected chi connectivity index (χ3v) is 3.37. The van der Waals surface area contributed by atoms with Crippen LogP contribution in [0.2, 0.25) is 10.0 Å². The van der Waals surface area contributed by atoms with E-state index in [0.29, 0.717) is 16.5 Å². The maximum Gasteiger partial charge on any atom is 0.243 e. The van der Waals surface area contributed by atoms with Gasteiger partial charge < -0.3 is 0 Å². The Morgan fingerprint density at radius 2 is 2.17 bits per heavy atom. The highest BCUT2D eigenvalue weighted by atomic mass is 35.5. The van der Waals surface area contributed by atoms with Crippen molar-refractivity contribution in [2.75, 3.05) is 0 Å². The first kappa shape index (κ1) is 13.4. The molecule has 0 heterocycles. The van der Waals surface area contributed by atoms with Crippen LogP contribution in [-0.2, 0) is 4.79 Å². The fourth-order valence-corrected chi connectivity index (χ4v) is 2.13. The van der Waals surface area contributed by atoms with E-state index in [0.717, 1.165) is 24.1 Å². The second-order valence-corrected chi connectivity index (χ2v) is 5.13. The minimum atomic E-state index is -0.00830. The van der Waals surface area contributed by atoms with Crippen molar-refractivity contribution in [3.63, 3.8) is 0 Å². The first-order valence-electron chi connectivity index (χ1n) is 5.93. The highest BCUT2D eigenvalue weighted by Crippen LogP contribution is 2.28. The van der Waals surface area contributed by atoms with E-state index in [1.54, 1.807) is 12.1 Å². The van der Waals surface area contributed by atoms with Crippen LogP contribution in [0.4, 0.5) is 0 Å². The quantitative estimate of drug-likeness (QED) is 0.666. The molecule has 1 fully saturated rings. The summed E-state index contributed by atoms with van der Waals surface area (Å²) in [6, 6.07) is 5.25. The van der Waals surface area contributed by atoms with Crippen LogP contribution in [0.5, 0.6) is 0 Å². The summed E-state index contributed by atoms with van der Waals surface area (Å²) >= 11 is 12.0. The molecule has 0 aromatic heterocycles. The Kier molecular flexibility index (Phi) is 4.25. The monoisotopic (exact) mass is 284 g/mol. The predicted molar refractivity (Wildman–Crippen MR) is 74.2 cm³/mol. The van der Waals surface area contributed by atoms with Gasteiger partial charge in [0.25, 0.3) is 0 Å². The van der Waals surface area contributed by atoms with Gasteiger partial charge in [-0.1, -0.05) is 36.2 Å². The van der Waals surface area contributed by atoms with Crippen molar-refractivity contribution in [1.29, 1.82) is 0 Å². The average molecular weight is 285 g/mol. The molecule has 0 aliphatic heterocycles. The van der Waals surface area contributed by atoms with Crippen LogP contribution in [0.3, 0.4) is 0 Å². The maximum atomic E-state index is 11.5. The lowest BCUT2D eigenvalue weighted by atomic mass is 10.1. The van der Waals surface area contributed by atoms with Gasteiger partial charge in [-0.15, -0.1) is 0 Å². The molecule has 1 saturated carbocycles. The standard InChI is InChI=1S/C13H14Cl2N2O/c1-2-12(16-17-13(18)8-3-4-8)10-6-5-9(14)7-11(10)15/h5-8H,2-4H2,1H3,(H,17,18). The summed E-state index contributed by atoms with van der Waals surface area (Å²) in [6.07, 6.45) is 2.61. The Morgan fingerprint density at radius 3 is 2.72 bits per heavy atom. The van der Waals surface area contributed by atoms with Crippen LogP contribution in [0.25, 0.3) is 0 Å². The molecule has 1 aliphatic rings. The summed E-state index contributed by atoms with van der Waals surface area (Å²) < 4.78 is 0. The van der Waals surface area contributed by atoms with Crippen molar-refractivity contribution < 1.29 is 4.79 Å². The van der Waals surface area contributed by atoms with Gasteiger partial charge in [-0.25, -0.2) is 5.43 Å². The average Bonchev–Trinajstić information content (AvgIpc) is 3.15. The van der Waals surface area contributed by atoms with E-state index < -0.39 is 0 Å². The van der Waals surface area contributed by atoms with Gasteiger partial charge in [-0.05, 0) is 31.4 Å². The highest BCUT2D eigenvalue weighted by Gasteiger charge is 2.29. The van der Waals surface area contributed by atoms with E-state index >= 15 is 0 Å². The van der Waals surface area contributed by atoms with Crippen LogP contribution >= 0.6 is 23.2 Å². The number of hydrazone groups is 1. The molecule has 0 spiro atoms. The maximum absolute atomic E-state index is 11.5. The highest BCUT2D eigenvalue weighted by molar-refractivity contribution is 6.37. The molecule has 1 aromatic rings. The van der Waals surface area contributed by atoms with E-state index in [-0.39, 0.29) is 11.8 Å². The largest absolute Gasteiger partial charge is 0.273 e. The van der Waals surface area contributed by atoms with Gasteiger partial charge >= 0.3 is 0 Å². The topological polar surface area (TPSA) is 41.5 Å². The molecular weight excluding hydrogens is 271 g/mol. The zero-order chi connectivity index (χ0) is 13.1. The number of nitrogens with zero attached hydrogens (tertiary/aromatic N) is 1. The van der Waals surface area contributed by atoms with Gasteiger partial charge in [0.05, 0.1) is 10.7 Å². The third kappa shape index (κ3) is 3.24. The molecule has 1 amide bonds. The van der Waals surface area contributed by atoms with Crippen LogP contribution in [0, 0.1) is 5.92 Å². The molecule has 18 heavy (non-hydrogen) atoms. The lowest BCUT2D eigenvalue weighted by molar-refractivity contribution is -0.122. The third-order valence-electron chi connectivity index (χ3n) is 2.83. The summed E-state index contributed by atoms with van der Waals surface area (Å²) in [5.74, 6) is 0.138. The second-order valence-electron chi connectivity index (χ2n) is 4.29. The molecule has 0 atom stereocenters. The van der Waals surface area contributed by atoms with E-state index in [2.05, 4.69) is 10.5 Å². The van der Waals surface area contributed by atoms with Gasteiger partial charge in [0.1, 0.15) is 0 Å². The number of carbonyl (C=O) groups is 1. The molecule has 0 saturated heterocycles. The smallest absolute Gasteiger partial charge is 0.243 e. The number of hydrogen-bond acceptors (Lipinski definition) is 2. The Balaban J connectivity index is 2.15. The molecule has 96 valence electrons. The Morgan fingerprint density at radius 1 is 1.44 bits per heavy atom. The van der Waals surface area contributed by atoms with Crippen LogP contribution in [0.15, 0.2) is 23.3 Å². The number of rotatable bonds is 4. The minimum absolute atomic E-state index is 0.00830. The number of hydrogen-bond donors (Lipinski definition) is 1. The van der Waals surface area contributed by atoms with Crippen molar-refractivity contribution in [1.82, 2.24) is 5.43 Å². The van der Waals surface area contributed by atoms with Crippen molar-refractivity contribution in [2.45, 2.75) is 26.2 Å². The predicted octanol–water partition coefficient (Wildman–Crippen LogP) is 3.63. The minimum Gasteiger partial charge on any atom is -0.273 e. The Hall–Kier alpha value is -1.06. The normalized spacial score (nSPS) is 15.6. The zero-order valence-electron chi connectivity index (χ0n) is 10.0. The second kappa shape index (κ2) is 5.72. The molecule has 2 rings (SSSR count). The van der Waals surface area contributed by atoms with Gasteiger partial charge in [0.15, 0.2) is 0 Å². The number of halogens is 2. The Labute approximate surface area is 116 Å². The SMILES string of the molecule is CCC(=NNC(=O)C1CC1)c1ccc(Cl)cc1Cl. The van der Waals surface area contributed by atoms with Gasteiger partial charge in [-0.3, -0.25) is 4.79 Å². The van der Waals surface area contributed by atoms with E-state index in [9.17, 15) is 4.79 Å². The summed E-state index contributed by atoms with van der Waals surface area (Å²) in [6.45, 7) is 1.97. The number of amides is 1. The first-order valence-corrected chi connectivity index (χ1v) is 6.69. The summed E-state index contributed by atoms with van der Waals surface area (Å²) in [4.78, 5) is 11.5. The fourth-order valence-electron chi connectivity index (χ4n) is 1.61. The van der Waals surface area contributed by atoms with E-state index in [1.165, 1.54) is 0 Å². The molecule has 0 unspecified atom stereocenters. The van der Waals surface area contributed by atoms with Crippen molar-refractivity contribution in [3.05, 3.63) is 33.8 Å². The number of nitrogens with one attached hydrogen (secondary N) is 1. The van der Waals surface area contributed by atoms with Gasteiger partial charge in [0, 0.05) is 16.5 Å². The molecule has 1 aromatic carbocycles. The van der Waals surface area contributed by atoms with E-state index in [1.807, 2.05) is 13.0 Å². The van der Waals surface area contributed by atoms with Crippen LogP contribution in [0.1, 0.15) is 31.7 Å². The molecule has 3 nitrogen and oxygen atoms in total. The molecule has 1 aliphatic carbocycles. The summed E-state index contributed by atoms with van der Waals surface area (Å²) in [5.41, 5.74) is 4.15. The van der Waals surface area contributed by atoms with Crippen molar-refractivity contribution in [2.24, 2.45) is 11.0 Å². The summed E-state index contributed by atoms with van der Waals surface area (Å²) in [7, 11) is 0. The first-order chi connectivity index (χ1) is 8.61. The summed E-state index contributed by atoms with van der Waals surface area (Å²) in [5, 5.41) is 5.28. The van der Waals surface area contributed by atoms with Gasteiger partial charge in [0.2, 0.25) is 5.91 Å². The van der Waals surface area contributed by atoms with Crippen LogP contribution in [-0.4, -0.2) is 11.6 Å². The van der Waals surface area contributed by atoms with E-state index in [4.69, 9.17) is 23.2 Å². The van der Waals surface area contributed by atoms with Crippen molar-refractivity contribution >= 4 is 34.8 Å².